The number of aryl methyl sites for hydroxylation is 1. The van der Waals surface area contributed by atoms with Gasteiger partial charge in [-0.1, -0.05) is 24.3 Å². The zero-order valence-electron chi connectivity index (χ0n) is 13.4. The molecule has 5 heteroatoms. The number of carbonyl (C=O) groups excluding carboxylic acids is 1. The molecule has 0 atom stereocenters. The summed E-state index contributed by atoms with van der Waals surface area (Å²) in [7, 11) is 0. The Morgan fingerprint density at radius 3 is 2.58 bits per heavy atom. The number of para-hydroxylation sites is 1. The van der Waals surface area contributed by atoms with Crippen molar-refractivity contribution in [3.05, 3.63) is 71.7 Å². The number of benzene rings is 1. The van der Waals surface area contributed by atoms with Crippen molar-refractivity contribution in [2.75, 3.05) is 5.32 Å². The number of nitrogens with zero attached hydrogens (tertiary/aromatic N) is 3. The highest BCUT2D eigenvalue weighted by Crippen LogP contribution is 2.42. The first-order valence-electron chi connectivity index (χ1n) is 8.10. The summed E-state index contributed by atoms with van der Waals surface area (Å²) >= 11 is 0. The minimum absolute atomic E-state index is 0.157. The predicted molar refractivity (Wildman–Crippen MR) is 92.5 cm³/mol. The van der Waals surface area contributed by atoms with Crippen LogP contribution in [0.5, 0.6) is 0 Å². The average Bonchev–Trinajstić information content (AvgIpc) is 3.35. The van der Waals surface area contributed by atoms with E-state index in [9.17, 15) is 4.79 Å². The van der Waals surface area contributed by atoms with Crippen LogP contribution in [0.4, 0.5) is 5.82 Å². The Morgan fingerprint density at radius 2 is 1.92 bits per heavy atom. The van der Waals surface area contributed by atoms with E-state index in [2.05, 4.69) is 15.4 Å². The number of aromatic nitrogens is 3. The van der Waals surface area contributed by atoms with Crippen molar-refractivity contribution in [3.63, 3.8) is 0 Å². The molecule has 1 N–H and O–H groups in total. The van der Waals surface area contributed by atoms with Crippen LogP contribution in [0.3, 0.4) is 0 Å². The van der Waals surface area contributed by atoms with E-state index in [4.69, 9.17) is 0 Å². The topological polar surface area (TPSA) is 59.8 Å². The maximum absolute atomic E-state index is 12.7. The first kappa shape index (κ1) is 14.6. The van der Waals surface area contributed by atoms with Gasteiger partial charge in [-0.3, -0.25) is 4.79 Å². The van der Waals surface area contributed by atoms with E-state index in [0.29, 0.717) is 17.3 Å². The number of amides is 1. The molecule has 0 unspecified atom stereocenters. The molecule has 1 amide bonds. The van der Waals surface area contributed by atoms with Gasteiger partial charge in [0, 0.05) is 12.1 Å². The molecular weight excluding hydrogens is 300 g/mol. The van der Waals surface area contributed by atoms with Crippen molar-refractivity contribution in [1.82, 2.24) is 14.8 Å². The summed E-state index contributed by atoms with van der Waals surface area (Å²) in [5.41, 5.74) is 3.66. The van der Waals surface area contributed by atoms with Gasteiger partial charge in [0.05, 0.1) is 23.1 Å². The minimum atomic E-state index is -0.157. The molecule has 4 rings (SSSR count). The van der Waals surface area contributed by atoms with Crippen molar-refractivity contribution < 1.29 is 4.79 Å². The fourth-order valence-corrected chi connectivity index (χ4v) is 2.78. The third-order valence-electron chi connectivity index (χ3n) is 4.17. The summed E-state index contributed by atoms with van der Waals surface area (Å²) in [5, 5.41) is 7.33. The fourth-order valence-electron chi connectivity index (χ4n) is 2.78. The molecule has 0 spiro atoms. The lowest BCUT2D eigenvalue weighted by atomic mass is 10.1. The van der Waals surface area contributed by atoms with Crippen LogP contribution in [0.2, 0.25) is 0 Å². The molecule has 1 fully saturated rings. The third kappa shape index (κ3) is 2.80. The van der Waals surface area contributed by atoms with Crippen LogP contribution in [0.15, 0.2) is 54.9 Å². The monoisotopic (exact) mass is 318 g/mol. The van der Waals surface area contributed by atoms with Gasteiger partial charge in [0.15, 0.2) is 0 Å². The number of hydrogen-bond donors (Lipinski definition) is 1. The fraction of sp³-hybridized carbons (Fsp3) is 0.211. The van der Waals surface area contributed by atoms with Gasteiger partial charge < -0.3 is 5.32 Å². The number of carbonyl (C=O) groups is 1. The second-order valence-electron chi connectivity index (χ2n) is 6.14. The standard InChI is InChI=1S/C19H18N4O/c1-13-7-10-17(20-11-13)22-19(24)16-12-21-23(18(16)14-8-9-14)15-5-3-2-4-6-15/h2-7,10-12,14H,8-9H2,1H3,(H,20,22,24). The zero-order valence-corrected chi connectivity index (χ0v) is 13.4. The second kappa shape index (κ2) is 5.92. The summed E-state index contributed by atoms with van der Waals surface area (Å²) in [5.74, 6) is 0.801. The maximum atomic E-state index is 12.7. The highest BCUT2D eigenvalue weighted by Gasteiger charge is 2.32. The Bertz CT molecular complexity index is 864. The lowest BCUT2D eigenvalue weighted by molar-refractivity contribution is 0.102. The van der Waals surface area contributed by atoms with Gasteiger partial charge in [-0.25, -0.2) is 9.67 Å². The largest absolute Gasteiger partial charge is 0.306 e. The third-order valence-corrected chi connectivity index (χ3v) is 4.17. The van der Waals surface area contributed by atoms with Gasteiger partial charge in [0.1, 0.15) is 5.82 Å². The van der Waals surface area contributed by atoms with Crippen LogP contribution in [0.25, 0.3) is 5.69 Å². The predicted octanol–water partition coefficient (Wildman–Crippen LogP) is 3.71. The van der Waals surface area contributed by atoms with E-state index < -0.39 is 0 Å². The number of anilines is 1. The molecular formula is C19H18N4O. The highest BCUT2D eigenvalue weighted by molar-refractivity contribution is 6.04. The molecule has 24 heavy (non-hydrogen) atoms. The molecule has 0 bridgehead atoms. The Labute approximate surface area is 140 Å². The lowest BCUT2D eigenvalue weighted by Crippen LogP contribution is -2.15. The van der Waals surface area contributed by atoms with Crippen LogP contribution in [-0.2, 0) is 0 Å². The summed E-state index contributed by atoms with van der Waals surface area (Å²) in [6.07, 6.45) is 5.60. The van der Waals surface area contributed by atoms with Crippen molar-refractivity contribution in [3.8, 4) is 5.69 Å². The maximum Gasteiger partial charge on any atom is 0.260 e. The summed E-state index contributed by atoms with van der Waals surface area (Å²) in [6.45, 7) is 1.97. The van der Waals surface area contributed by atoms with Gasteiger partial charge >= 0.3 is 0 Å². The van der Waals surface area contributed by atoms with E-state index in [-0.39, 0.29) is 5.91 Å². The highest BCUT2D eigenvalue weighted by atomic mass is 16.1. The average molecular weight is 318 g/mol. The first-order chi connectivity index (χ1) is 11.7. The molecule has 1 saturated carbocycles. The zero-order chi connectivity index (χ0) is 16.5. The van der Waals surface area contributed by atoms with Crippen LogP contribution < -0.4 is 5.32 Å². The number of nitrogens with one attached hydrogen (secondary N) is 1. The van der Waals surface area contributed by atoms with E-state index >= 15 is 0 Å². The van der Waals surface area contributed by atoms with Gasteiger partial charge in [-0.05, 0) is 43.5 Å². The van der Waals surface area contributed by atoms with Crippen LogP contribution in [0.1, 0.15) is 40.4 Å². The van der Waals surface area contributed by atoms with Crippen LogP contribution in [-0.4, -0.2) is 20.7 Å². The molecule has 5 nitrogen and oxygen atoms in total. The molecule has 120 valence electrons. The van der Waals surface area contributed by atoms with Gasteiger partial charge in [0.2, 0.25) is 0 Å². The van der Waals surface area contributed by atoms with Gasteiger partial charge in [-0.15, -0.1) is 0 Å². The van der Waals surface area contributed by atoms with Crippen LogP contribution in [0, 0.1) is 6.92 Å². The van der Waals surface area contributed by atoms with Crippen molar-refractivity contribution >= 4 is 11.7 Å². The van der Waals surface area contributed by atoms with Crippen molar-refractivity contribution in [1.29, 1.82) is 0 Å². The van der Waals surface area contributed by atoms with Crippen LogP contribution >= 0.6 is 0 Å². The second-order valence-corrected chi connectivity index (χ2v) is 6.14. The lowest BCUT2D eigenvalue weighted by Gasteiger charge is -2.09. The summed E-state index contributed by atoms with van der Waals surface area (Å²) in [4.78, 5) is 16.9. The Hall–Kier alpha value is -2.95. The molecule has 1 aliphatic rings. The molecule has 1 aliphatic carbocycles. The van der Waals surface area contributed by atoms with Gasteiger partial charge in [0.25, 0.3) is 5.91 Å². The van der Waals surface area contributed by atoms with Crippen molar-refractivity contribution in [2.45, 2.75) is 25.7 Å². The molecule has 3 aromatic rings. The minimum Gasteiger partial charge on any atom is -0.306 e. The number of hydrogen-bond acceptors (Lipinski definition) is 3. The summed E-state index contributed by atoms with van der Waals surface area (Å²) < 4.78 is 1.88. The molecule has 2 heterocycles. The Kier molecular flexibility index (Phi) is 3.61. The molecule has 0 saturated heterocycles. The normalized spacial score (nSPS) is 13.7. The molecule has 0 aliphatic heterocycles. The molecule has 2 aromatic heterocycles. The molecule has 0 radical (unpaired) electrons. The Balaban J connectivity index is 1.67. The van der Waals surface area contributed by atoms with E-state index in [1.807, 2.05) is 54.1 Å². The summed E-state index contributed by atoms with van der Waals surface area (Å²) in [6, 6.07) is 13.7. The Morgan fingerprint density at radius 1 is 1.12 bits per heavy atom. The number of rotatable bonds is 4. The van der Waals surface area contributed by atoms with E-state index in [1.165, 1.54) is 0 Å². The van der Waals surface area contributed by atoms with Crippen molar-refractivity contribution in [2.24, 2.45) is 0 Å². The quantitative estimate of drug-likeness (QED) is 0.798. The van der Waals surface area contributed by atoms with E-state index in [0.717, 1.165) is 29.8 Å². The van der Waals surface area contributed by atoms with E-state index in [1.54, 1.807) is 12.4 Å². The smallest absolute Gasteiger partial charge is 0.260 e. The van der Waals surface area contributed by atoms with Gasteiger partial charge in [-0.2, -0.15) is 5.10 Å². The first-order valence-corrected chi connectivity index (χ1v) is 8.10. The molecule has 1 aromatic carbocycles. The number of pyridine rings is 1. The SMILES string of the molecule is Cc1ccc(NC(=O)c2cnn(-c3ccccc3)c2C2CC2)nc1.